The van der Waals surface area contributed by atoms with Gasteiger partial charge in [-0.05, 0) is 62.3 Å². The Balaban J connectivity index is 2.06. The molecule has 0 aromatic heterocycles. The van der Waals surface area contributed by atoms with Crippen molar-refractivity contribution >= 4 is 17.7 Å². The number of ether oxygens (including phenoxy) is 2. The van der Waals surface area contributed by atoms with Gasteiger partial charge >= 0.3 is 0 Å². The number of guanidine groups is 1. The molecule has 1 aromatic rings. The molecule has 0 amide bonds. The topological polar surface area (TPSA) is 54.9 Å². The average molecular weight is 394 g/mol. The van der Waals surface area contributed by atoms with Crippen molar-refractivity contribution in [3.8, 4) is 5.75 Å². The molecule has 2 rings (SSSR count). The van der Waals surface area contributed by atoms with E-state index in [2.05, 4.69) is 35.9 Å². The van der Waals surface area contributed by atoms with Gasteiger partial charge in [0.15, 0.2) is 5.96 Å². The first kappa shape index (κ1) is 21.9. The molecule has 1 saturated heterocycles. The van der Waals surface area contributed by atoms with Gasteiger partial charge in [-0.15, -0.1) is 0 Å². The van der Waals surface area contributed by atoms with E-state index >= 15 is 0 Å². The van der Waals surface area contributed by atoms with Crippen LogP contribution in [-0.2, 0) is 10.2 Å². The van der Waals surface area contributed by atoms with E-state index in [4.69, 9.17) is 14.5 Å². The van der Waals surface area contributed by atoms with Gasteiger partial charge < -0.3 is 20.1 Å². The second-order valence-electron chi connectivity index (χ2n) is 6.94. The predicted octanol–water partition coefficient (Wildman–Crippen LogP) is 3.44. The summed E-state index contributed by atoms with van der Waals surface area (Å²) >= 11 is 1.90. The number of benzene rings is 1. The highest BCUT2D eigenvalue weighted by atomic mass is 32.2. The van der Waals surface area contributed by atoms with Crippen molar-refractivity contribution in [3.05, 3.63) is 29.8 Å². The van der Waals surface area contributed by atoms with Gasteiger partial charge in [-0.2, -0.15) is 11.8 Å². The summed E-state index contributed by atoms with van der Waals surface area (Å²) in [5.74, 6) is 3.03. The lowest BCUT2D eigenvalue weighted by Gasteiger charge is -2.36. The first-order chi connectivity index (χ1) is 13.2. The zero-order valence-corrected chi connectivity index (χ0v) is 17.9. The quantitative estimate of drug-likeness (QED) is 0.362. The van der Waals surface area contributed by atoms with Crippen molar-refractivity contribution in [3.63, 3.8) is 0 Å². The lowest BCUT2D eigenvalue weighted by molar-refractivity contribution is 0.0531. The van der Waals surface area contributed by atoms with Gasteiger partial charge in [-0.25, -0.2) is 0 Å². The molecular weight excluding hydrogens is 358 g/mol. The Labute approximate surface area is 168 Å². The van der Waals surface area contributed by atoms with Gasteiger partial charge in [0, 0.05) is 31.7 Å². The maximum atomic E-state index is 5.64. The zero-order valence-electron chi connectivity index (χ0n) is 17.1. The van der Waals surface area contributed by atoms with Crippen LogP contribution in [0.25, 0.3) is 0 Å². The SMILES string of the molecule is CCNC(=NCC1(c2ccc(OC)cc2)CCOCC1)NCCCCSC. The third-order valence-corrected chi connectivity index (χ3v) is 5.80. The number of unbranched alkanes of at least 4 members (excludes halogenated alkanes) is 1. The standard InChI is InChI=1S/C21H35N3O2S/c1-4-22-20(23-13-5-6-16-27-3)24-17-21(11-14-26-15-12-21)18-7-9-19(25-2)10-8-18/h7-10H,4-6,11-17H2,1-3H3,(H2,22,23,24). The Morgan fingerprint density at radius 3 is 2.56 bits per heavy atom. The molecule has 1 heterocycles. The largest absolute Gasteiger partial charge is 0.497 e. The molecule has 0 unspecified atom stereocenters. The molecule has 5 nitrogen and oxygen atoms in total. The van der Waals surface area contributed by atoms with E-state index in [1.807, 2.05) is 23.9 Å². The Morgan fingerprint density at radius 2 is 1.93 bits per heavy atom. The minimum absolute atomic E-state index is 0.0335. The Hall–Kier alpha value is -1.40. The summed E-state index contributed by atoms with van der Waals surface area (Å²) in [6.45, 7) is 6.29. The lowest BCUT2D eigenvalue weighted by Crippen LogP contribution is -2.41. The second-order valence-corrected chi connectivity index (χ2v) is 7.93. The number of nitrogens with one attached hydrogen (secondary N) is 2. The van der Waals surface area contributed by atoms with Crippen molar-refractivity contribution in [2.75, 3.05) is 52.0 Å². The Morgan fingerprint density at radius 1 is 1.19 bits per heavy atom. The molecule has 1 fully saturated rings. The summed E-state index contributed by atoms with van der Waals surface area (Å²) in [6, 6.07) is 8.46. The molecule has 1 aliphatic heterocycles. The zero-order chi connectivity index (χ0) is 19.4. The van der Waals surface area contributed by atoms with Crippen LogP contribution in [0.3, 0.4) is 0 Å². The molecule has 2 N–H and O–H groups in total. The molecule has 0 radical (unpaired) electrons. The lowest BCUT2D eigenvalue weighted by atomic mass is 9.74. The first-order valence-electron chi connectivity index (χ1n) is 9.97. The van der Waals surface area contributed by atoms with Crippen molar-refractivity contribution in [1.82, 2.24) is 10.6 Å². The first-order valence-corrected chi connectivity index (χ1v) is 11.4. The molecule has 0 spiro atoms. The highest BCUT2D eigenvalue weighted by Crippen LogP contribution is 2.36. The van der Waals surface area contributed by atoms with Crippen LogP contribution in [0.5, 0.6) is 5.75 Å². The smallest absolute Gasteiger partial charge is 0.191 e. The van der Waals surface area contributed by atoms with Gasteiger partial charge in [0.1, 0.15) is 5.75 Å². The fourth-order valence-electron chi connectivity index (χ4n) is 3.40. The van der Waals surface area contributed by atoms with Crippen LogP contribution in [0, 0.1) is 0 Å². The number of methoxy groups -OCH3 is 1. The van der Waals surface area contributed by atoms with Crippen molar-refractivity contribution in [1.29, 1.82) is 0 Å². The van der Waals surface area contributed by atoms with Crippen LogP contribution < -0.4 is 15.4 Å². The third kappa shape index (κ3) is 6.92. The van der Waals surface area contributed by atoms with Crippen molar-refractivity contribution in [2.45, 2.75) is 38.0 Å². The van der Waals surface area contributed by atoms with Gasteiger partial charge in [0.05, 0.1) is 13.7 Å². The summed E-state index contributed by atoms with van der Waals surface area (Å²) in [5, 5.41) is 6.87. The van der Waals surface area contributed by atoms with E-state index in [-0.39, 0.29) is 5.41 Å². The van der Waals surface area contributed by atoms with E-state index in [1.165, 1.54) is 24.2 Å². The fraction of sp³-hybridized carbons (Fsp3) is 0.667. The summed E-state index contributed by atoms with van der Waals surface area (Å²) in [6.07, 6.45) is 6.56. The molecule has 0 atom stereocenters. The number of hydrogen-bond acceptors (Lipinski definition) is 4. The number of thioether (sulfide) groups is 1. The molecule has 27 heavy (non-hydrogen) atoms. The van der Waals surface area contributed by atoms with Crippen molar-refractivity contribution < 1.29 is 9.47 Å². The van der Waals surface area contributed by atoms with Crippen LogP contribution in [0.1, 0.15) is 38.2 Å². The summed E-state index contributed by atoms with van der Waals surface area (Å²) in [4.78, 5) is 4.95. The highest BCUT2D eigenvalue weighted by molar-refractivity contribution is 7.98. The summed E-state index contributed by atoms with van der Waals surface area (Å²) in [7, 11) is 1.71. The third-order valence-electron chi connectivity index (χ3n) is 5.10. The van der Waals surface area contributed by atoms with E-state index in [1.54, 1.807) is 7.11 Å². The molecule has 1 aliphatic rings. The monoisotopic (exact) mass is 393 g/mol. The number of rotatable bonds is 10. The normalized spacial score (nSPS) is 16.8. The minimum atomic E-state index is 0.0335. The Bertz CT molecular complexity index is 557. The molecule has 1 aromatic carbocycles. The van der Waals surface area contributed by atoms with E-state index in [0.29, 0.717) is 0 Å². The second kappa shape index (κ2) is 12.1. The maximum Gasteiger partial charge on any atom is 0.191 e. The van der Waals surface area contributed by atoms with Gasteiger partial charge in [-0.3, -0.25) is 4.99 Å². The Kier molecular flexibility index (Phi) is 9.84. The van der Waals surface area contributed by atoms with Crippen molar-refractivity contribution in [2.24, 2.45) is 4.99 Å². The number of hydrogen-bond donors (Lipinski definition) is 2. The molecule has 0 aliphatic carbocycles. The van der Waals surface area contributed by atoms with Crippen LogP contribution in [-0.4, -0.2) is 57.9 Å². The molecule has 0 bridgehead atoms. The molecule has 0 saturated carbocycles. The van der Waals surface area contributed by atoms with E-state index in [0.717, 1.165) is 57.4 Å². The van der Waals surface area contributed by atoms with Crippen LogP contribution >= 0.6 is 11.8 Å². The van der Waals surface area contributed by atoms with Gasteiger partial charge in [0.25, 0.3) is 0 Å². The average Bonchev–Trinajstić information content (AvgIpc) is 2.72. The van der Waals surface area contributed by atoms with Crippen LogP contribution in [0.4, 0.5) is 0 Å². The summed E-state index contributed by atoms with van der Waals surface area (Å²) in [5.41, 5.74) is 1.36. The van der Waals surface area contributed by atoms with Gasteiger partial charge in [0.2, 0.25) is 0 Å². The predicted molar refractivity (Wildman–Crippen MR) is 116 cm³/mol. The molecule has 6 heteroatoms. The summed E-state index contributed by atoms with van der Waals surface area (Å²) < 4.78 is 11.0. The van der Waals surface area contributed by atoms with Crippen LogP contribution in [0.15, 0.2) is 29.3 Å². The number of aliphatic imine (C=N–C) groups is 1. The van der Waals surface area contributed by atoms with Gasteiger partial charge in [-0.1, -0.05) is 12.1 Å². The van der Waals surface area contributed by atoms with E-state index in [9.17, 15) is 0 Å². The van der Waals surface area contributed by atoms with E-state index < -0.39 is 0 Å². The van der Waals surface area contributed by atoms with Crippen LogP contribution in [0.2, 0.25) is 0 Å². The maximum absolute atomic E-state index is 5.64. The molecule has 152 valence electrons. The number of nitrogens with zero attached hydrogens (tertiary/aromatic N) is 1. The highest BCUT2D eigenvalue weighted by Gasteiger charge is 2.34. The molecular formula is C21H35N3O2S. The fourth-order valence-corrected chi connectivity index (χ4v) is 3.89. The minimum Gasteiger partial charge on any atom is -0.497 e.